The second-order valence-electron chi connectivity index (χ2n) is 11.8. The first kappa shape index (κ1) is 30.7. The number of nitrogens with zero attached hydrogens (tertiary/aromatic N) is 4. The molecule has 0 saturated heterocycles. The first-order chi connectivity index (χ1) is 22.5. The summed E-state index contributed by atoms with van der Waals surface area (Å²) in [6.45, 7) is 4.54. The van der Waals surface area contributed by atoms with E-state index in [2.05, 4.69) is 125 Å². The van der Waals surface area contributed by atoms with Gasteiger partial charge in [0.2, 0.25) is 5.66 Å². The van der Waals surface area contributed by atoms with Gasteiger partial charge in [0.25, 0.3) is 0 Å². The van der Waals surface area contributed by atoms with Crippen LogP contribution in [0.4, 0.5) is 0 Å². The molecule has 0 unspecified atom stereocenters. The number of nitrogens with one attached hydrogen (secondary N) is 1. The third kappa shape index (κ3) is 5.43. The summed E-state index contributed by atoms with van der Waals surface area (Å²) in [5.74, 6) is -0.159. The maximum Gasteiger partial charge on any atom is 0.323 e. The monoisotopic (exact) mass is 607 g/mol. The average molecular weight is 608 g/mol. The largest absolute Gasteiger partial charge is 0.468 e. The zero-order valence-electron chi connectivity index (χ0n) is 26.2. The van der Waals surface area contributed by atoms with Crippen LogP contribution in [-0.4, -0.2) is 19.1 Å². The van der Waals surface area contributed by atoms with Gasteiger partial charge in [0.15, 0.2) is 0 Å². The van der Waals surface area contributed by atoms with Gasteiger partial charge in [-0.15, -0.1) is 10.2 Å². The molecule has 1 N–H and O–H groups in total. The smallest absolute Gasteiger partial charge is 0.323 e. The fraction of sp³-hybridized carbons (Fsp3) is 0.205. The number of ether oxygens (including phenoxy) is 1. The molecular formula is C39H37N5O2. The maximum absolute atomic E-state index is 12.3. The Morgan fingerprint density at radius 2 is 1.17 bits per heavy atom. The molecule has 0 amide bonds. The second kappa shape index (κ2) is 13.4. The molecule has 0 bridgehead atoms. The number of hydrogen-bond donors (Lipinski definition) is 1. The van der Waals surface area contributed by atoms with Crippen LogP contribution >= 0.6 is 0 Å². The normalized spacial score (nSPS) is 14.3. The summed E-state index contributed by atoms with van der Waals surface area (Å²) >= 11 is 0. The Morgan fingerprint density at radius 1 is 0.696 bits per heavy atom. The summed E-state index contributed by atoms with van der Waals surface area (Å²) in [4.78, 5) is 12.3. The first-order valence-corrected chi connectivity index (χ1v) is 15.5. The Balaban J connectivity index is 1.51. The van der Waals surface area contributed by atoms with Crippen LogP contribution in [0.2, 0.25) is 0 Å². The van der Waals surface area contributed by atoms with Crippen molar-refractivity contribution in [3.05, 3.63) is 167 Å². The average Bonchev–Trinajstić information content (AvgIpc) is 3.61. The lowest BCUT2D eigenvalue weighted by molar-refractivity contribution is -0.144. The predicted molar refractivity (Wildman–Crippen MR) is 180 cm³/mol. The predicted octanol–water partition coefficient (Wildman–Crippen LogP) is 8.66. The molecule has 1 atom stereocenters. The summed E-state index contributed by atoms with van der Waals surface area (Å²) in [7, 11) is 1.42. The number of methoxy groups -OCH3 is 1. The molecular weight excluding hydrogens is 570 g/mol. The van der Waals surface area contributed by atoms with Crippen molar-refractivity contribution in [3.8, 4) is 11.1 Å². The number of hydrogen-bond acceptors (Lipinski definition) is 7. The minimum atomic E-state index is -1.26. The molecule has 0 spiro atoms. The topological polar surface area (TPSA) is 87.8 Å². The summed E-state index contributed by atoms with van der Waals surface area (Å²) in [6.07, 6.45) is 0. The highest BCUT2D eigenvalue weighted by Gasteiger charge is 2.60. The van der Waals surface area contributed by atoms with Crippen LogP contribution in [0.25, 0.3) is 11.1 Å². The van der Waals surface area contributed by atoms with E-state index in [4.69, 9.17) is 15.0 Å². The summed E-state index contributed by atoms with van der Waals surface area (Å²) in [6, 6.07) is 47.4. The highest BCUT2D eigenvalue weighted by atomic mass is 16.5. The van der Waals surface area contributed by atoms with Gasteiger partial charge in [0.05, 0.1) is 12.5 Å². The number of carbonyl (C=O) groups is 1. The minimum absolute atomic E-state index is 0.101. The highest BCUT2D eigenvalue weighted by Crippen LogP contribution is 2.58. The molecule has 1 aliphatic rings. The van der Waals surface area contributed by atoms with E-state index in [1.807, 2.05) is 44.2 Å². The zero-order valence-corrected chi connectivity index (χ0v) is 26.2. The third-order valence-corrected chi connectivity index (χ3v) is 8.78. The van der Waals surface area contributed by atoms with Gasteiger partial charge >= 0.3 is 5.97 Å². The van der Waals surface area contributed by atoms with Crippen molar-refractivity contribution in [1.82, 2.24) is 5.32 Å². The molecule has 0 aromatic heterocycles. The van der Waals surface area contributed by atoms with Crippen molar-refractivity contribution in [1.29, 1.82) is 0 Å². The fourth-order valence-electron chi connectivity index (χ4n) is 6.60. The van der Waals surface area contributed by atoms with Gasteiger partial charge in [-0.25, -0.2) is 0 Å². The van der Waals surface area contributed by atoms with Crippen LogP contribution in [-0.2, 0) is 27.2 Å². The molecule has 0 fully saturated rings. The van der Waals surface area contributed by atoms with Crippen molar-refractivity contribution in [2.24, 2.45) is 26.6 Å². The SMILES string of the molecule is COC(=O)[C@@H](NCc1ccc(-c2ccccc2C2(C(c3ccccc3)(c3ccccc3)c3ccccc3)N=NN=N2)cc1)C(C)C. The van der Waals surface area contributed by atoms with E-state index in [1.54, 1.807) is 0 Å². The quantitative estimate of drug-likeness (QED) is 0.120. The van der Waals surface area contributed by atoms with Crippen molar-refractivity contribution >= 4 is 5.97 Å². The molecule has 46 heavy (non-hydrogen) atoms. The third-order valence-electron chi connectivity index (χ3n) is 8.78. The lowest BCUT2D eigenvalue weighted by Crippen LogP contribution is -2.48. The summed E-state index contributed by atoms with van der Waals surface area (Å²) < 4.78 is 5.00. The van der Waals surface area contributed by atoms with E-state index < -0.39 is 11.1 Å². The number of carbonyl (C=O) groups excluding carboxylic acids is 1. The first-order valence-electron chi connectivity index (χ1n) is 15.5. The molecule has 7 nitrogen and oxygen atoms in total. The van der Waals surface area contributed by atoms with Gasteiger partial charge in [-0.2, -0.15) is 0 Å². The van der Waals surface area contributed by atoms with Crippen molar-refractivity contribution in [3.63, 3.8) is 0 Å². The molecule has 0 aliphatic carbocycles. The Labute approximate surface area is 270 Å². The Kier molecular flexibility index (Phi) is 8.94. The van der Waals surface area contributed by atoms with E-state index in [9.17, 15) is 4.79 Å². The molecule has 230 valence electrons. The van der Waals surface area contributed by atoms with Gasteiger partial charge in [-0.3, -0.25) is 4.79 Å². The van der Waals surface area contributed by atoms with E-state index in [1.165, 1.54) is 7.11 Å². The van der Waals surface area contributed by atoms with E-state index in [0.29, 0.717) is 6.54 Å². The van der Waals surface area contributed by atoms with Crippen molar-refractivity contribution in [2.45, 2.75) is 37.5 Å². The van der Waals surface area contributed by atoms with Crippen LogP contribution in [0.5, 0.6) is 0 Å². The Morgan fingerprint density at radius 3 is 1.65 bits per heavy atom. The van der Waals surface area contributed by atoms with Gasteiger partial charge in [0, 0.05) is 12.1 Å². The number of esters is 1. The van der Waals surface area contributed by atoms with Gasteiger partial charge < -0.3 is 10.1 Å². The molecule has 5 aromatic carbocycles. The molecule has 7 heteroatoms. The lowest BCUT2D eigenvalue weighted by atomic mass is 9.59. The summed E-state index contributed by atoms with van der Waals surface area (Å²) in [5.41, 5.74) is 4.80. The molecule has 6 rings (SSSR count). The Hall–Kier alpha value is -5.27. The molecule has 0 saturated carbocycles. The standard InChI is InChI=1S/C39H37N5O2/c1-28(2)36(37(45)46-3)40-27-29-23-25-30(26-24-29)34-21-13-14-22-35(34)39(41-43-44-42-39)38(31-15-7-4-8-16-31,32-17-9-5-10-18-32)33-19-11-6-12-20-33/h4-26,28,36,40H,27H2,1-3H3/t36-/m0/s1. The zero-order chi connectivity index (χ0) is 32.0. The van der Waals surface area contributed by atoms with Crippen LogP contribution in [0, 0.1) is 5.92 Å². The number of rotatable bonds is 11. The number of benzene rings is 5. The maximum atomic E-state index is 12.3. The Bertz CT molecular complexity index is 1710. The van der Waals surface area contributed by atoms with Gasteiger partial charge in [0.1, 0.15) is 6.04 Å². The summed E-state index contributed by atoms with van der Waals surface area (Å²) in [5, 5.41) is 21.7. The molecule has 5 aromatic rings. The van der Waals surface area contributed by atoms with Crippen LogP contribution in [0.3, 0.4) is 0 Å². The lowest BCUT2D eigenvalue weighted by Gasteiger charge is -2.45. The van der Waals surface area contributed by atoms with Gasteiger partial charge in [-0.1, -0.05) is 153 Å². The van der Waals surface area contributed by atoms with E-state index in [-0.39, 0.29) is 17.9 Å². The molecule has 1 heterocycles. The van der Waals surface area contributed by atoms with E-state index in [0.717, 1.165) is 38.9 Å². The van der Waals surface area contributed by atoms with Crippen LogP contribution in [0.1, 0.15) is 41.7 Å². The second-order valence-corrected chi connectivity index (χ2v) is 11.8. The molecule has 1 aliphatic heterocycles. The highest BCUT2D eigenvalue weighted by molar-refractivity contribution is 5.76. The van der Waals surface area contributed by atoms with E-state index >= 15 is 0 Å². The fourth-order valence-corrected chi connectivity index (χ4v) is 6.60. The van der Waals surface area contributed by atoms with Crippen LogP contribution in [0.15, 0.2) is 160 Å². The van der Waals surface area contributed by atoms with Crippen LogP contribution < -0.4 is 5.32 Å². The van der Waals surface area contributed by atoms with Gasteiger partial charge in [-0.05, 0) is 49.7 Å². The molecule has 0 radical (unpaired) electrons. The van der Waals surface area contributed by atoms with Crippen molar-refractivity contribution < 1.29 is 9.53 Å². The minimum Gasteiger partial charge on any atom is -0.468 e. The van der Waals surface area contributed by atoms with Crippen molar-refractivity contribution in [2.75, 3.05) is 7.11 Å².